The Balaban J connectivity index is 1.43. The minimum atomic E-state index is -0.500. The summed E-state index contributed by atoms with van der Waals surface area (Å²) in [4.78, 5) is 40.5. The zero-order valence-electron chi connectivity index (χ0n) is 18.8. The van der Waals surface area contributed by atoms with Gasteiger partial charge in [0.1, 0.15) is 13.2 Å². The molecule has 2 saturated heterocycles. The van der Waals surface area contributed by atoms with Crippen LogP contribution in [0.15, 0.2) is 41.3 Å². The quantitative estimate of drug-likeness (QED) is 0.482. The van der Waals surface area contributed by atoms with Gasteiger partial charge in [-0.1, -0.05) is 35.3 Å². The van der Waals surface area contributed by atoms with Gasteiger partial charge in [0.15, 0.2) is 11.5 Å². The number of rotatable bonds is 7. The minimum absolute atomic E-state index is 0.233. The van der Waals surface area contributed by atoms with E-state index in [2.05, 4.69) is 0 Å². The van der Waals surface area contributed by atoms with E-state index in [1.165, 1.54) is 7.11 Å². The second-order valence-corrected chi connectivity index (χ2v) is 9.52. The summed E-state index contributed by atoms with van der Waals surface area (Å²) in [5, 5.41) is 0.430. The van der Waals surface area contributed by atoms with Crippen molar-refractivity contribution in [2.75, 3.05) is 40.0 Å². The Bertz CT molecular complexity index is 1180. The lowest BCUT2D eigenvalue weighted by atomic mass is 10.1. The van der Waals surface area contributed by atoms with Crippen molar-refractivity contribution in [3.05, 3.63) is 62.5 Å². The van der Waals surface area contributed by atoms with Gasteiger partial charge >= 0.3 is 0 Å². The van der Waals surface area contributed by atoms with E-state index in [9.17, 15) is 14.4 Å². The Morgan fingerprint density at radius 1 is 1.09 bits per heavy atom. The van der Waals surface area contributed by atoms with Gasteiger partial charge in [0, 0.05) is 13.1 Å². The van der Waals surface area contributed by atoms with Gasteiger partial charge in [0.25, 0.3) is 11.1 Å². The smallest absolute Gasteiger partial charge is 0.294 e. The molecule has 2 heterocycles. The van der Waals surface area contributed by atoms with Crippen molar-refractivity contribution >= 4 is 58.1 Å². The van der Waals surface area contributed by atoms with Gasteiger partial charge < -0.3 is 19.1 Å². The molecule has 2 aliphatic heterocycles. The van der Waals surface area contributed by atoms with E-state index in [4.69, 9.17) is 37.4 Å². The molecule has 11 heteroatoms. The fourth-order valence-electron chi connectivity index (χ4n) is 3.52. The molecule has 2 aromatic carbocycles. The number of benzene rings is 2. The predicted octanol–water partition coefficient (Wildman–Crippen LogP) is 4.48. The number of carbonyl (C=O) groups is 3. The average molecular weight is 537 g/mol. The van der Waals surface area contributed by atoms with Crippen LogP contribution >= 0.6 is 35.0 Å². The molecule has 0 radical (unpaired) electrons. The SMILES string of the molecule is COc1cc(/C=C2\SC(=O)N(CC(=O)N3CCOCC3)C2=O)ccc1OCc1ccc(Cl)c(Cl)c1. The molecule has 0 unspecified atom stereocenters. The first-order valence-corrected chi connectivity index (χ1v) is 12.3. The molecule has 0 aromatic heterocycles. The van der Waals surface area contributed by atoms with Crippen LogP contribution < -0.4 is 9.47 Å². The predicted molar refractivity (Wildman–Crippen MR) is 134 cm³/mol. The number of hydrogen-bond donors (Lipinski definition) is 0. The Morgan fingerprint density at radius 3 is 2.57 bits per heavy atom. The summed E-state index contributed by atoms with van der Waals surface area (Å²) in [6.45, 7) is 1.76. The number of thioether (sulfide) groups is 1. The van der Waals surface area contributed by atoms with Crippen LogP contribution in [0.3, 0.4) is 0 Å². The van der Waals surface area contributed by atoms with Gasteiger partial charge in [-0.15, -0.1) is 0 Å². The maximum atomic E-state index is 12.8. The van der Waals surface area contributed by atoms with E-state index in [-0.39, 0.29) is 24.0 Å². The third-order valence-electron chi connectivity index (χ3n) is 5.39. The highest BCUT2D eigenvalue weighted by Gasteiger charge is 2.37. The van der Waals surface area contributed by atoms with E-state index < -0.39 is 11.1 Å². The zero-order valence-corrected chi connectivity index (χ0v) is 21.1. The summed E-state index contributed by atoms with van der Waals surface area (Å²) in [7, 11) is 1.51. The van der Waals surface area contributed by atoms with Crippen molar-refractivity contribution in [2.24, 2.45) is 0 Å². The molecule has 2 fully saturated rings. The number of morpholine rings is 1. The molecule has 0 aliphatic carbocycles. The number of carbonyl (C=O) groups excluding carboxylic acids is 3. The van der Waals surface area contributed by atoms with Gasteiger partial charge in [0.2, 0.25) is 5.91 Å². The summed E-state index contributed by atoms with van der Waals surface area (Å²) in [5.74, 6) is 0.183. The van der Waals surface area contributed by atoms with Gasteiger partial charge in [-0.05, 0) is 53.2 Å². The molecule has 8 nitrogen and oxygen atoms in total. The molecular weight excluding hydrogens is 515 g/mol. The van der Waals surface area contributed by atoms with Gasteiger partial charge in [0.05, 0.1) is 35.3 Å². The first-order chi connectivity index (χ1) is 16.9. The highest BCUT2D eigenvalue weighted by Crippen LogP contribution is 2.35. The maximum Gasteiger partial charge on any atom is 0.294 e. The third-order valence-corrected chi connectivity index (χ3v) is 7.04. The topological polar surface area (TPSA) is 85.4 Å². The molecule has 0 saturated carbocycles. The highest BCUT2D eigenvalue weighted by atomic mass is 35.5. The Hall–Kier alpha value is -2.72. The lowest BCUT2D eigenvalue weighted by molar-refractivity contribution is -0.139. The number of methoxy groups -OCH3 is 1. The molecule has 2 aromatic rings. The molecule has 0 bridgehead atoms. The van der Waals surface area contributed by atoms with Crippen LogP contribution in [0.1, 0.15) is 11.1 Å². The Morgan fingerprint density at radius 2 is 1.86 bits per heavy atom. The molecule has 184 valence electrons. The number of halogens is 2. The lowest BCUT2D eigenvalue weighted by Gasteiger charge is -2.28. The Labute approximate surface area is 216 Å². The van der Waals surface area contributed by atoms with Gasteiger partial charge in [-0.3, -0.25) is 19.3 Å². The Kier molecular flexibility index (Phi) is 8.22. The molecule has 4 rings (SSSR count). The van der Waals surface area contributed by atoms with Crippen molar-refractivity contribution in [1.82, 2.24) is 9.80 Å². The van der Waals surface area contributed by atoms with Crippen molar-refractivity contribution in [1.29, 1.82) is 0 Å². The summed E-state index contributed by atoms with van der Waals surface area (Å²) in [5.41, 5.74) is 1.49. The van der Waals surface area contributed by atoms with E-state index in [1.807, 2.05) is 6.07 Å². The maximum absolute atomic E-state index is 12.8. The van der Waals surface area contributed by atoms with Crippen molar-refractivity contribution < 1.29 is 28.6 Å². The standard InChI is InChI=1S/C24H22Cl2N2O6S/c1-32-20-11-15(3-5-19(20)34-14-16-2-4-17(25)18(26)10-16)12-21-23(30)28(24(31)35-21)13-22(29)27-6-8-33-9-7-27/h2-5,10-12H,6-9,13-14H2,1H3/b21-12-. The van der Waals surface area contributed by atoms with Crippen molar-refractivity contribution in [3.8, 4) is 11.5 Å². The molecule has 0 spiro atoms. The average Bonchev–Trinajstić information content (AvgIpc) is 3.12. The van der Waals surface area contributed by atoms with Crippen LogP contribution in [0.2, 0.25) is 10.0 Å². The van der Waals surface area contributed by atoms with E-state index in [1.54, 1.807) is 41.3 Å². The summed E-state index contributed by atoms with van der Waals surface area (Å²) in [6.07, 6.45) is 1.59. The van der Waals surface area contributed by atoms with Crippen molar-refractivity contribution in [2.45, 2.75) is 6.61 Å². The summed E-state index contributed by atoms with van der Waals surface area (Å²) >= 11 is 12.8. The lowest BCUT2D eigenvalue weighted by Crippen LogP contribution is -2.46. The van der Waals surface area contributed by atoms with Gasteiger partial charge in [-0.25, -0.2) is 0 Å². The van der Waals surface area contributed by atoms with Gasteiger partial charge in [-0.2, -0.15) is 0 Å². The van der Waals surface area contributed by atoms with Crippen LogP contribution in [-0.2, 0) is 20.9 Å². The number of imide groups is 1. The number of amides is 3. The van der Waals surface area contributed by atoms with Crippen LogP contribution in [-0.4, -0.2) is 66.8 Å². The second-order valence-electron chi connectivity index (χ2n) is 7.71. The second kappa shape index (κ2) is 11.3. The molecular formula is C24H22Cl2N2O6S. The molecule has 0 atom stereocenters. The number of nitrogens with zero attached hydrogens (tertiary/aromatic N) is 2. The van der Waals surface area contributed by atoms with E-state index in [0.717, 1.165) is 22.2 Å². The monoisotopic (exact) mass is 536 g/mol. The number of ether oxygens (including phenoxy) is 3. The zero-order chi connectivity index (χ0) is 24.9. The van der Waals surface area contributed by atoms with E-state index >= 15 is 0 Å². The van der Waals surface area contributed by atoms with Crippen LogP contribution in [0.25, 0.3) is 6.08 Å². The third kappa shape index (κ3) is 6.10. The summed E-state index contributed by atoms with van der Waals surface area (Å²) < 4.78 is 16.5. The van der Waals surface area contributed by atoms with Crippen LogP contribution in [0.5, 0.6) is 11.5 Å². The normalized spacial score (nSPS) is 17.3. The largest absolute Gasteiger partial charge is 0.493 e. The molecule has 2 aliphatic rings. The number of hydrogen-bond acceptors (Lipinski definition) is 7. The first kappa shape index (κ1) is 25.4. The fraction of sp³-hybridized carbons (Fsp3) is 0.292. The van der Waals surface area contributed by atoms with Crippen LogP contribution in [0, 0.1) is 0 Å². The summed E-state index contributed by atoms with van der Waals surface area (Å²) in [6, 6.07) is 10.4. The van der Waals surface area contributed by atoms with Crippen molar-refractivity contribution in [3.63, 3.8) is 0 Å². The highest BCUT2D eigenvalue weighted by molar-refractivity contribution is 8.18. The molecule has 3 amide bonds. The molecule has 35 heavy (non-hydrogen) atoms. The minimum Gasteiger partial charge on any atom is -0.493 e. The van der Waals surface area contributed by atoms with E-state index in [0.29, 0.717) is 53.4 Å². The van der Waals surface area contributed by atoms with Crippen LogP contribution in [0.4, 0.5) is 4.79 Å². The molecule has 0 N–H and O–H groups in total. The fourth-order valence-corrected chi connectivity index (χ4v) is 4.68. The first-order valence-electron chi connectivity index (χ1n) is 10.7.